The maximum atomic E-state index is 12.5. The largest absolute Gasteiger partial charge is 0.364 e. The van der Waals surface area contributed by atoms with E-state index in [0.29, 0.717) is 23.8 Å². The number of nitrogens with zero attached hydrogens (tertiary/aromatic N) is 3. The molecule has 0 bridgehead atoms. The molecule has 0 fully saturated rings. The Bertz CT molecular complexity index is 992. The van der Waals surface area contributed by atoms with Crippen LogP contribution >= 0.6 is 0 Å². The highest BCUT2D eigenvalue weighted by Gasteiger charge is 2.22. The van der Waals surface area contributed by atoms with Gasteiger partial charge in [-0.3, -0.25) is 9.82 Å². The van der Waals surface area contributed by atoms with E-state index in [0.717, 1.165) is 5.56 Å². The molecule has 3 N–H and O–H groups in total. The lowest BCUT2D eigenvalue weighted by Crippen LogP contribution is -2.16. The van der Waals surface area contributed by atoms with Gasteiger partial charge in [-0.25, -0.2) is 8.42 Å². The molecule has 0 saturated carbocycles. The van der Waals surface area contributed by atoms with Crippen molar-refractivity contribution in [1.82, 2.24) is 20.4 Å². The van der Waals surface area contributed by atoms with Crippen LogP contribution in [-0.2, 0) is 16.6 Å². The first-order valence-electron chi connectivity index (χ1n) is 8.03. The number of H-pyrrole nitrogens is 1. The molecule has 0 unspecified atom stereocenters. The van der Waals surface area contributed by atoms with Gasteiger partial charge in [0.2, 0.25) is 0 Å². The smallest absolute Gasteiger partial charge is 0.266 e. The highest BCUT2D eigenvalue weighted by atomic mass is 32.2. The zero-order chi connectivity index (χ0) is 18.7. The number of aryl methyl sites for hydroxylation is 3. The minimum absolute atomic E-state index is 0.126. The van der Waals surface area contributed by atoms with Crippen molar-refractivity contribution in [3.63, 3.8) is 0 Å². The molecular formula is C17H20N6O2S. The van der Waals surface area contributed by atoms with E-state index < -0.39 is 10.0 Å². The summed E-state index contributed by atoms with van der Waals surface area (Å²) in [6.07, 6.45) is 0. The lowest BCUT2D eigenvalue weighted by molar-refractivity contribution is 0.600. The predicted molar refractivity (Wildman–Crippen MR) is 99.4 cm³/mol. The van der Waals surface area contributed by atoms with E-state index in [1.807, 2.05) is 31.2 Å². The molecule has 0 spiro atoms. The Hall–Kier alpha value is -2.94. The van der Waals surface area contributed by atoms with Gasteiger partial charge in [-0.05, 0) is 44.0 Å². The van der Waals surface area contributed by atoms with Gasteiger partial charge in [0.25, 0.3) is 10.0 Å². The molecule has 136 valence electrons. The maximum absolute atomic E-state index is 12.5. The van der Waals surface area contributed by atoms with Gasteiger partial charge in [-0.15, -0.1) is 10.2 Å². The summed E-state index contributed by atoms with van der Waals surface area (Å²) in [4.78, 5) is 0.126. The van der Waals surface area contributed by atoms with Crippen LogP contribution in [0, 0.1) is 20.8 Å². The second kappa shape index (κ2) is 7.12. The number of aromatic nitrogens is 4. The van der Waals surface area contributed by atoms with E-state index in [-0.39, 0.29) is 10.7 Å². The summed E-state index contributed by atoms with van der Waals surface area (Å²) < 4.78 is 27.4. The summed E-state index contributed by atoms with van der Waals surface area (Å²) in [5.74, 6) is 0.707. The average molecular weight is 372 g/mol. The van der Waals surface area contributed by atoms with E-state index in [1.54, 1.807) is 26.0 Å². The highest BCUT2D eigenvalue weighted by molar-refractivity contribution is 7.92. The van der Waals surface area contributed by atoms with E-state index in [4.69, 9.17) is 0 Å². The quantitative estimate of drug-likeness (QED) is 0.613. The third-order valence-electron chi connectivity index (χ3n) is 3.95. The Kier molecular flexibility index (Phi) is 4.90. The third kappa shape index (κ3) is 3.83. The summed E-state index contributed by atoms with van der Waals surface area (Å²) >= 11 is 0. The number of aromatic amines is 1. The van der Waals surface area contributed by atoms with Gasteiger partial charge in [0.15, 0.2) is 5.82 Å². The average Bonchev–Trinajstić information content (AvgIpc) is 2.94. The third-order valence-corrected chi connectivity index (χ3v) is 5.57. The molecule has 2 aromatic heterocycles. The molecule has 8 nitrogen and oxygen atoms in total. The topological polar surface area (TPSA) is 113 Å². The Morgan fingerprint density at radius 3 is 2.31 bits per heavy atom. The molecule has 9 heteroatoms. The zero-order valence-electron chi connectivity index (χ0n) is 14.7. The number of hydrogen-bond acceptors (Lipinski definition) is 6. The van der Waals surface area contributed by atoms with Crippen LogP contribution in [0.4, 0.5) is 11.6 Å². The van der Waals surface area contributed by atoms with Crippen molar-refractivity contribution in [2.45, 2.75) is 32.2 Å². The van der Waals surface area contributed by atoms with Gasteiger partial charge in [-0.1, -0.05) is 24.3 Å². The number of anilines is 2. The van der Waals surface area contributed by atoms with Crippen molar-refractivity contribution in [1.29, 1.82) is 0 Å². The van der Waals surface area contributed by atoms with E-state index in [2.05, 4.69) is 30.4 Å². The molecule has 0 atom stereocenters. The summed E-state index contributed by atoms with van der Waals surface area (Å²) in [7, 11) is -3.77. The van der Waals surface area contributed by atoms with E-state index in [1.165, 1.54) is 5.56 Å². The molecular weight excluding hydrogens is 352 g/mol. The standard InChI is InChI=1S/C17H20N6O2S/c1-11-6-4-5-7-14(11)10-18-15-8-9-16(22-21-15)23-26(24,25)17-12(2)19-20-13(17)3/h4-9H,10H2,1-3H3,(H,18,21)(H,19,20)(H,22,23). The van der Waals surface area contributed by atoms with Crippen molar-refractivity contribution >= 4 is 21.7 Å². The van der Waals surface area contributed by atoms with Crippen molar-refractivity contribution in [2.75, 3.05) is 10.0 Å². The van der Waals surface area contributed by atoms with Crippen LogP contribution in [0.5, 0.6) is 0 Å². The molecule has 3 aromatic rings. The molecule has 0 aliphatic rings. The summed E-state index contributed by atoms with van der Waals surface area (Å²) in [5.41, 5.74) is 3.21. The normalized spacial score (nSPS) is 11.3. The molecule has 0 aliphatic carbocycles. The van der Waals surface area contributed by atoms with Gasteiger partial charge in [0.1, 0.15) is 10.7 Å². The number of hydrogen-bond donors (Lipinski definition) is 3. The van der Waals surface area contributed by atoms with Crippen LogP contribution in [0.3, 0.4) is 0 Å². The van der Waals surface area contributed by atoms with E-state index in [9.17, 15) is 8.42 Å². The van der Waals surface area contributed by atoms with Gasteiger partial charge in [-0.2, -0.15) is 5.10 Å². The fraction of sp³-hybridized carbons (Fsp3) is 0.235. The van der Waals surface area contributed by atoms with E-state index >= 15 is 0 Å². The summed E-state index contributed by atoms with van der Waals surface area (Å²) in [5, 5.41) is 17.7. The van der Waals surface area contributed by atoms with Gasteiger partial charge in [0, 0.05) is 6.54 Å². The second-order valence-electron chi connectivity index (χ2n) is 5.95. The molecule has 3 rings (SSSR count). The Morgan fingerprint density at radius 2 is 1.69 bits per heavy atom. The Labute approximate surface area is 152 Å². The van der Waals surface area contributed by atoms with Gasteiger partial charge >= 0.3 is 0 Å². The molecule has 26 heavy (non-hydrogen) atoms. The SMILES string of the molecule is Cc1ccccc1CNc1ccc(NS(=O)(=O)c2c(C)n[nH]c2C)nn1. The van der Waals surface area contributed by atoms with Crippen LogP contribution < -0.4 is 10.0 Å². The minimum atomic E-state index is -3.77. The molecule has 2 heterocycles. The monoisotopic (exact) mass is 372 g/mol. The molecule has 0 radical (unpaired) electrons. The van der Waals surface area contributed by atoms with Crippen LogP contribution in [0.15, 0.2) is 41.3 Å². The van der Waals surface area contributed by atoms with Crippen molar-refractivity contribution in [3.05, 3.63) is 58.9 Å². The van der Waals surface area contributed by atoms with Gasteiger partial charge < -0.3 is 5.32 Å². The second-order valence-corrected chi connectivity index (χ2v) is 7.57. The fourth-order valence-corrected chi connectivity index (χ4v) is 3.97. The minimum Gasteiger partial charge on any atom is -0.364 e. The van der Waals surface area contributed by atoms with Crippen LogP contribution in [0.25, 0.3) is 0 Å². The lowest BCUT2D eigenvalue weighted by Gasteiger charge is -2.09. The first kappa shape index (κ1) is 17.9. The molecule has 0 amide bonds. The van der Waals surface area contributed by atoms with Crippen molar-refractivity contribution in [2.24, 2.45) is 0 Å². The number of rotatable bonds is 6. The molecule has 1 aromatic carbocycles. The van der Waals surface area contributed by atoms with Gasteiger partial charge in [0.05, 0.1) is 11.4 Å². The van der Waals surface area contributed by atoms with Crippen molar-refractivity contribution < 1.29 is 8.42 Å². The summed E-state index contributed by atoms with van der Waals surface area (Å²) in [6, 6.07) is 11.3. The number of sulfonamides is 1. The fourth-order valence-electron chi connectivity index (χ4n) is 2.60. The summed E-state index contributed by atoms with van der Waals surface area (Å²) in [6.45, 7) is 5.93. The molecule has 0 aliphatic heterocycles. The number of benzene rings is 1. The highest BCUT2D eigenvalue weighted by Crippen LogP contribution is 2.20. The Balaban J connectivity index is 1.69. The maximum Gasteiger partial charge on any atom is 0.266 e. The first-order valence-corrected chi connectivity index (χ1v) is 9.51. The molecule has 0 saturated heterocycles. The van der Waals surface area contributed by atoms with Crippen molar-refractivity contribution in [3.8, 4) is 0 Å². The predicted octanol–water partition coefficient (Wildman–Crippen LogP) is 2.54. The Morgan fingerprint density at radius 1 is 1.00 bits per heavy atom. The van der Waals surface area contributed by atoms with Crippen LogP contribution in [-0.4, -0.2) is 28.8 Å². The van der Waals surface area contributed by atoms with Crippen LogP contribution in [0.2, 0.25) is 0 Å². The van der Waals surface area contributed by atoms with Crippen LogP contribution in [0.1, 0.15) is 22.5 Å². The zero-order valence-corrected chi connectivity index (χ0v) is 15.6. The first-order chi connectivity index (χ1) is 12.4. The lowest BCUT2D eigenvalue weighted by atomic mass is 10.1. The number of nitrogens with one attached hydrogen (secondary N) is 3.